The number of alkyl halides is 3. The zero-order valence-electron chi connectivity index (χ0n) is 16.8. The molecule has 2 aromatic heterocycles. The van der Waals surface area contributed by atoms with Crippen LogP contribution in [0.4, 0.5) is 13.2 Å². The number of nitrogens with zero attached hydrogens (tertiary/aromatic N) is 3. The van der Waals surface area contributed by atoms with E-state index in [0.717, 1.165) is 11.3 Å². The van der Waals surface area contributed by atoms with Gasteiger partial charge < -0.3 is 19.5 Å². The molecular weight excluding hydrogens is 485 g/mol. The molecule has 3 aromatic rings. The lowest BCUT2D eigenvalue weighted by molar-refractivity contribution is -0.159. The minimum absolute atomic E-state index is 0.131. The van der Waals surface area contributed by atoms with Crippen LogP contribution in [0.1, 0.15) is 25.9 Å². The standard InChI is InChI=1S/C20H16ClF3N4O4S/c21-12-3-1-11(2-4-12)18(30)28-7-8-31-10-13(28)9-25-17(29)15-6-5-14(33-15)16-26-19(32-27-16)20(22,23)24/h1-6,13H,7-10H2,(H,25,29). The number of hydrogen-bond acceptors (Lipinski definition) is 7. The number of halogens is 4. The number of hydrogen-bond donors (Lipinski definition) is 1. The second-order valence-electron chi connectivity index (χ2n) is 7.03. The van der Waals surface area contributed by atoms with E-state index in [1.165, 1.54) is 12.1 Å². The zero-order valence-corrected chi connectivity index (χ0v) is 18.3. The Labute approximate surface area is 194 Å². The summed E-state index contributed by atoms with van der Waals surface area (Å²) in [5, 5.41) is 6.57. The van der Waals surface area contributed by atoms with Gasteiger partial charge in [0.1, 0.15) is 0 Å². The predicted molar refractivity (Wildman–Crippen MR) is 112 cm³/mol. The van der Waals surface area contributed by atoms with Crippen molar-refractivity contribution >= 4 is 34.8 Å². The van der Waals surface area contributed by atoms with Crippen molar-refractivity contribution in [3.8, 4) is 10.7 Å². The number of ether oxygens (including phenoxy) is 1. The van der Waals surface area contributed by atoms with Gasteiger partial charge >= 0.3 is 12.1 Å². The summed E-state index contributed by atoms with van der Waals surface area (Å²) >= 11 is 6.80. The molecule has 0 spiro atoms. The summed E-state index contributed by atoms with van der Waals surface area (Å²) in [5.41, 5.74) is 0.471. The Bertz CT molecular complexity index is 1150. The van der Waals surface area contributed by atoms with Crippen molar-refractivity contribution in [2.75, 3.05) is 26.3 Å². The molecule has 1 fully saturated rings. The first-order chi connectivity index (χ1) is 15.7. The van der Waals surface area contributed by atoms with E-state index < -0.39 is 24.0 Å². The fourth-order valence-electron chi connectivity index (χ4n) is 3.17. The van der Waals surface area contributed by atoms with Crippen LogP contribution in [0, 0.1) is 0 Å². The Kier molecular flexibility index (Phi) is 6.68. The lowest BCUT2D eigenvalue weighted by Gasteiger charge is -2.35. The van der Waals surface area contributed by atoms with E-state index in [4.69, 9.17) is 16.3 Å². The molecule has 2 amide bonds. The van der Waals surface area contributed by atoms with E-state index in [2.05, 4.69) is 20.0 Å². The first-order valence-corrected chi connectivity index (χ1v) is 10.9. The van der Waals surface area contributed by atoms with Crippen molar-refractivity contribution in [2.45, 2.75) is 12.2 Å². The van der Waals surface area contributed by atoms with Crippen molar-refractivity contribution in [2.24, 2.45) is 0 Å². The van der Waals surface area contributed by atoms with E-state index >= 15 is 0 Å². The second-order valence-corrected chi connectivity index (χ2v) is 8.55. The molecule has 33 heavy (non-hydrogen) atoms. The number of thiophene rings is 1. The van der Waals surface area contributed by atoms with Gasteiger partial charge in [-0.2, -0.15) is 18.2 Å². The molecule has 3 heterocycles. The molecule has 1 unspecified atom stereocenters. The Morgan fingerprint density at radius 3 is 2.67 bits per heavy atom. The van der Waals surface area contributed by atoms with Gasteiger partial charge in [0.2, 0.25) is 5.82 Å². The summed E-state index contributed by atoms with van der Waals surface area (Å²) in [4.78, 5) is 30.9. The fraction of sp³-hybridized carbons (Fsp3) is 0.300. The van der Waals surface area contributed by atoms with E-state index in [0.29, 0.717) is 23.7 Å². The van der Waals surface area contributed by atoms with Crippen LogP contribution >= 0.6 is 22.9 Å². The molecule has 1 aliphatic rings. The van der Waals surface area contributed by atoms with Gasteiger partial charge in [-0.3, -0.25) is 9.59 Å². The van der Waals surface area contributed by atoms with Gasteiger partial charge in [0.05, 0.1) is 29.0 Å². The van der Waals surface area contributed by atoms with Crippen molar-refractivity contribution in [3.63, 3.8) is 0 Å². The second kappa shape index (κ2) is 9.49. The molecular formula is C20H16ClF3N4O4S. The molecule has 0 bridgehead atoms. The molecule has 0 aliphatic carbocycles. The molecule has 1 aliphatic heterocycles. The van der Waals surface area contributed by atoms with Gasteiger partial charge in [-0.1, -0.05) is 16.8 Å². The number of carbonyl (C=O) groups is 2. The van der Waals surface area contributed by atoms with E-state index in [1.54, 1.807) is 29.2 Å². The predicted octanol–water partition coefficient (Wildman–Crippen LogP) is 3.74. The molecule has 0 radical (unpaired) electrons. The topological polar surface area (TPSA) is 97.6 Å². The molecule has 1 atom stereocenters. The number of aromatic nitrogens is 2. The van der Waals surface area contributed by atoms with E-state index in [1.807, 2.05) is 0 Å². The SMILES string of the molecule is O=C(NCC1COCCN1C(=O)c1ccc(Cl)cc1)c1ccc(-c2noc(C(F)(F)F)n2)s1. The Morgan fingerprint density at radius 1 is 1.21 bits per heavy atom. The summed E-state index contributed by atoms with van der Waals surface area (Å²) in [6.07, 6.45) is -4.75. The molecule has 1 saturated heterocycles. The monoisotopic (exact) mass is 500 g/mol. The Hall–Kier alpha value is -2.96. The molecule has 8 nitrogen and oxygen atoms in total. The number of amides is 2. The zero-order chi connectivity index (χ0) is 23.6. The lowest BCUT2D eigenvalue weighted by Crippen LogP contribution is -2.53. The van der Waals surface area contributed by atoms with Crippen LogP contribution in [0.3, 0.4) is 0 Å². The van der Waals surface area contributed by atoms with Crippen molar-refractivity contribution in [1.82, 2.24) is 20.4 Å². The van der Waals surface area contributed by atoms with Gasteiger partial charge in [0, 0.05) is 23.7 Å². The molecule has 1 N–H and O–H groups in total. The number of carbonyl (C=O) groups excluding carboxylic acids is 2. The lowest BCUT2D eigenvalue weighted by atomic mass is 10.1. The molecule has 13 heteroatoms. The molecule has 4 rings (SSSR count). The Morgan fingerprint density at radius 2 is 1.97 bits per heavy atom. The number of morpholine rings is 1. The average molecular weight is 501 g/mol. The summed E-state index contributed by atoms with van der Waals surface area (Å²) in [7, 11) is 0. The third kappa shape index (κ3) is 5.34. The third-order valence-corrected chi connectivity index (χ3v) is 6.13. The summed E-state index contributed by atoms with van der Waals surface area (Å²) in [6, 6.07) is 9.01. The summed E-state index contributed by atoms with van der Waals surface area (Å²) in [6.45, 7) is 1.12. The van der Waals surface area contributed by atoms with Crippen LogP contribution in [0.2, 0.25) is 5.02 Å². The number of rotatable bonds is 5. The average Bonchev–Trinajstić information content (AvgIpc) is 3.47. The number of benzene rings is 1. The largest absolute Gasteiger partial charge is 0.471 e. The maximum atomic E-state index is 12.9. The normalized spacial score (nSPS) is 16.6. The molecule has 0 saturated carbocycles. The van der Waals surface area contributed by atoms with Crippen LogP contribution in [0.5, 0.6) is 0 Å². The van der Waals surface area contributed by atoms with Gasteiger partial charge in [0.25, 0.3) is 11.8 Å². The first-order valence-electron chi connectivity index (χ1n) is 9.66. The highest BCUT2D eigenvalue weighted by molar-refractivity contribution is 7.17. The van der Waals surface area contributed by atoms with Gasteiger partial charge in [-0.05, 0) is 36.4 Å². The number of nitrogens with one attached hydrogen (secondary N) is 1. The minimum atomic E-state index is -4.75. The summed E-state index contributed by atoms with van der Waals surface area (Å²) < 4.78 is 47.6. The van der Waals surface area contributed by atoms with Crippen LogP contribution < -0.4 is 5.32 Å². The highest BCUT2D eigenvalue weighted by atomic mass is 35.5. The van der Waals surface area contributed by atoms with Crippen LogP contribution in [0.25, 0.3) is 10.7 Å². The highest BCUT2D eigenvalue weighted by Gasteiger charge is 2.38. The van der Waals surface area contributed by atoms with Gasteiger partial charge in [-0.25, -0.2) is 0 Å². The van der Waals surface area contributed by atoms with E-state index in [-0.39, 0.29) is 34.6 Å². The van der Waals surface area contributed by atoms with Crippen molar-refractivity contribution in [3.05, 3.63) is 57.8 Å². The molecule has 174 valence electrons. The summed E-state index contributed by atoms with van der Waals surface area (Å²) in [5.74, 6) is -2.37. The fourth-order valence-corrected chi connectivity index (χ4v) is 4.14. The smallest absolute Gasteiger partial charge is 0.377 e. The van der Waals surface area contributed by atoms with Gasteiger partial charge in [0.15, 0.2) is 0 Å². The quantitative estimate of drug-likeness (QED) is 0.573. The van der Waals surface area contributed by atoms with Crippen molar-refractivity contribution in [1.29, 1.82) is 0 Å². The highest BCUT2D eigenvalue weighted by Crippen LogP contribution is 2.31. The van der Waals surface area contributed by atoms with Crippen LogP contribution in [-0.2, 0) is 10.9 Å². The van der Waals surface area contributed by atoms with Crippen LogP contribution in [-0.4, -0.2) is 59.2 Å². The third-order valence-electron chi connectivity index (χ3n) is 4.80. The van der Waals surface area contributed by atoms with Gasteiger partial charge in [-0.15, -0.1) is 11.3 Å². The van der Waals surface area contributed by atoms with Crippen LogP contribution in [0.15, 0.2) is 40.9 Å². The van der Waals surface area contributed by atoms with E-state index in [9.17, 15) is 22.8 Å². The Balaban J connectivity index is 1.40. The molecule has 1 aromatic carbocycles. The maximum Gasteiger partial charge on any atom is 0.471 e. The first kappa shape index (κ1) is 23.2. The minimum Gasteiger partial charge on any atom is -0.377 e. The van der Waals surface area contributed by atoms with Crippen molar-refractivity contribution < 1.29 is 32.0 Å². The maximum absolute atomic E-state index is 12.9.